The molecule has 0 amide bonds. The zero-order valence-corrected chi connectivity index (χ0v) is 8.28. The Balaban J connectivity index is 0.00000144. The van der Waals surface area contributed by atoms with Gasteiger partial charge in [0.1, 0.15) is 0 Å². The second-order valence-corrected chi connectivity index (χ2v) is 3.93. The van der Waals surface area contributed by atoms with Crippen molar-refractivity contribution in [3.63, 3.8) is 0 Å². The molecule has 0 aliphatic carbocycles. The fraction of sp³-hybridized carbons (Fsp3) is 1.00. The topological polar surface area (TPSA) is 12.0 Å². The molecule has 0 spiro atoms. The van der Waals surface area contributed by atoms with E-state index in [1.54, 1.807) is 0 Å². The van der Waals surface area contributed by atoms with Gasteiger partial charge in [0, 0.05) is 0 Å². The van der Waals surface area contributed by atoms with Gasteiger partial charge in [0.15, 0.2) is 0 Å². The van der Waals surface area contributed by atoms with Crippen LogP contribution in [0.3, 0.4) is 0 Å². The molecule has 78 valence electrons. The summed E-state index contributed by atoms with van der Waals surface area (Å²) in [6.07, 6.45) is 13.0. The Morgan fingerprint density at radius 1 is 0.462 bits per heavy atom. The second kappa shape index (κ2) is 10.7. The molecular formula is C11H26GaN. The van der Waals surface area contributed by atoms with Gasteiger partial charge in [-0.05, 0) is 25.9 Å². The minimum atomic E-state index is 0. The molecule has 0 radical (unpaired) electrons. The van der Waals surface area contributed by atoms with Crippen LogP contribution in [0, 0.1) is 0 Å². The molecule has 1 aliphatic rings. The van der Waals surface area contributed by atoms with E-state index in [1.165, 1.54) is 70.9 Å². The first kappa shape index (κ1) is 13.6. The molecule has 1 aliphatic heterocycles. The molecule has 0 unspecified atom stereocenters. The summed E-state index contributed by atoms with van der Waals surface area (Å²) in [4.78, 5) is 0. The van der Waals surface area contributed by atoms with E-state index < -0.39 is 0 Å². The Bertz CT molecular complexity index is 53.1. The summed E-state index contributed by atoms with van der Waals surface area (Å²) in [5.41, 5.74) is 0. The van der Waals surface area contributed by atoms with Crippen molar-refractivity contribution in [2.24, 2.45) is 0 Å². The van der Waals surface area contributed by atoms with E-state index in [4.69, 9.17) is 0 Å². The monoisotopic (exact) mass is 241 g/mol. The molecule has 0 aromatic heterocycles. The molecule has 1 heterocycles. The Kier molecular flexibility index (Phi) is 11.2. The van der Waals surface area contributed by atoms with E-state index in [-0.39, 0.29) is 19.8 Å². The summed E-state index contributed by atoms with van der Waals surface area (Å²) in [5.74, 6) is 0. The number of hydrogen-bond acceptors (Lipinski definition) is 1. The van der Waals surface area contributed by atoms with Gasteiger partial charge in [-0.25, -0.2) is 0 Å². The average Bonchev–Trinajstić information content (AvgIpc) is 2.05. The molecule has 1 saturated heterocycles. The maximum absolute atomic E-state index is 3.50. The van der Waals surface area contributed by atoms with Crippen molar-refractivity contribution in [2.45, 2.75) is 57.8 Å². The summed E-state index contributed by atoms with van der Waals surface area (Å²) >= 11 is 0. The Morgan fingerprint density at radius 3 is 1.15 bits per heavy atom. The van der Waals surface area contributed by atoms with Crippen LogP contribution in [0.25, 0.3) is 0 Å². The van der Waals surface area contributed by atoms with Crippen molar-refractivity contribution in [3.8, 4) is 0 Å². The molecule has 0 bridgehead atoms. The number of rotatable bonds is 0. The van der Waals surface area contributed by atoms with Crippen molar-refractivity contribution in [2.75, 3.05) is 13.1 Å². The van der Waals surface area contributed by atoms with Crippen molar-refractivity contribution in [1.82, 2.24) is 5.32 Å². The van der Waals surface area contributed by atoms with E-state index in [9.17, 15) is 0 Å². The van der Waals surface area contributed by atoms with Crippen LogP contribution in [0.5, 0.6) is 0 Å². The summed E-state index contributed by atoms with van der Waals surface area (Å²) in [6, 6.07) is 0. The molecule has 13 heavy (non-hydrogen) atoms. The van der Waals surface area contributed by atoms with Crippen LogP contribution < -0.4 is 5.32 Å². The van der Waals surface area contributed by atoms with Crippen LogP contribution >= 0.6 is 0 Å². The van der Waals surface area contributed by atoms with Crippen LogP contribution in [-0.4, -0.2) is 32.9 Å². The van der Waals surface area contributed by atoms with E-state index >= 15 is 0 Å². The molecule has 1 N–H and O–H groups in total. The maximum atomic E-state index is 3.50. The Hall–Kier alpha value is 0.596. The van der Waals surface area contributed by atoms with Gasteiger partial charge in [0.2, 0.25) is 0 Å². The molecule has 0 aromatic rings. The van der Waals surface area contributed by atoms with Gasteiger partial charge in [-0.3, -0.25) is 0 Å². The van der Waals surface area contributed by atoms with Crippen LogP contribution in [0.1, 0.15) is 57.8 Å². The van der Waals surface area contributed by atoms with Gasteiger partial charge in [-0.2, -0.15) is 0 Å². The van der Waals surface area contributed by atoms with Crippen molar-refractivity contribution in [1.29, 1.82) is 0 Å². The molecule has 1 fully saturated rings. The second-order valence-electron chi connectivity index (χ2n) is 3.93. The summed E-state index contributed by atoms with van der Waals surface area (Å²) in [7, 11) is 0. The first-order chi connectivity index (χ1) is 6.00. The third-order valence-corrected chi connectivity index (χ3v) is 2.71. The first-order valence-corrected chi connectivity index (χ1v) is 5.71. The van der Waals surface area contributed by atoms with Gasteiger partial charge in [0.25, 0.3) is 0 Å². The molecular weight excluding hydrogens is 216 g/mol. The minimum absolute atomic E-state index is 0. The summed E-state index contributed by atoms with van der Waals surface area (Å²) in [5, 5.41) is 3.50. The van der Waals surface area contributed by atoms with Gasteiger partial charge >= 0.3 is 19.8 Å². The number of hydrogen-bond donors (Lipinski definition) is 1. The van der Waals surface area contributed by atoms with Crippen LogP contribution in [0.15, 0.2) is 0 Å². The van der Waals surface area contributed by atoms with Crippen molar-refractivity contribution >= 4 is 19.8 Å². The van der Waals surface area contributed by atoms with E-state index in [2.05, 4.69) is 5.32 Å². The average molecular weight is 242 g/mol. The van der Waals surface area contributed by atoms with Crippen LogP contribution in [0.2, 0.25) is 0 Å². The standard InChI is InChI=1S/C11H23N.Ga.3H/c1-2-4-6-8-10-12-11-9-7-5-3-1;;;;/h12H,1-11H2;;;;. The molecule has 0 atom stereocenters. The quantitative estimate of drug-likeness (QED) is 0.640. The summed E-state index contributed by atoms with van der Waals surface area (Å²) < 4.78 is 0. The van der Waals surface area contributed by atoms with Gasteiger partial charge < -0.3 is 5.32 Å². The van der Waals surface area contributed by atoms with Gasteiger partial charge in [0.05, 0.1) is 0 Å². The van der Waals surface area contributed by atoms with Crippen molar-refractivity contribution < 1.29 is 0 Å². The molecule has 1 rings (SSSR count). The van der Waals surface area contributed by atoms with E-state index in [0.29, 0.717) is 0 Å². The van der Waals surface area contributed by atoms with E-state index in [1.807, 2.05) is 0 Å². The van der Waals surface area contributed by atoms with Crippen LogP contribution in [0.4, 0.5) is 0 Å². The summed E-state index contributed by atoms with van der Waals surface area (Å²) in [6.45, 7) is 2.50. The fourth-order valence-electron chi connectivity index (χ4n) is 1.86. The van der Waals surface area contributed by atoms with Crippen molar-refractivity contribution in [3.05, 3.63) is 0 Å². The number of nitrogens with one attached hydrogen (secondary N) is 1. The Morgan fingerprint density at radius 2 is 0.769 bits per heavy atom. The fourth-order valence-corrected chi connectivity index (χ4v) is 1.86. The third-order valence-electron chi connectivity index (χ3n) is 2.71. The third kappa shape index (κ3) is 8.91. The Labute approximate surface area is 96.1 Å². The first-order valence-electron chi connectivity index (χ1n) is 5.71. The van der Waals surface area contributed by atoms with Gasteiger partial charge in [-0.15, -0.1) is 0 Å². The van der Waals surface area contributed by atoms with Crippen LogP contribution in [-0.2, 0) is 0 Å². The normalized spacial score (nSPS) is 22.2. The van der Waals surface area contributed by atoms with E-state index in [0.717, 1.165) is 0 Å². The predicted octanol–water partition coefficient (Wildman–Crippen LogP) is 1.92. The predicted molar refractivity (Wildman–Crippen MR) is 64.4 cm³/mol. The molecule has 2 heteroatoms. The molecule has 0 aromatic carbocycles. The van der Waals surface area contributed by atoms with Gasteiger partial charge in [-0.1, -0.05) is 44.9 Å². The zero-order chi connectivity index (χ0) is 8.49. The zero-order valence-electron chi connectivity index (χ0n) is 8.28. The molecule has 1 nitrogen and oxygen atoms in total. The molecule has 0 saturated carbocycles. The SMILES string of the molecule is C1CCCCCNCCCCC1.[GaH3].